The highest BCUT2D eigenvalue weighted by Gasteiger charge is 2.23. The molecule has 100 valence electrons. The van der Waals surface area contributed by atoms with Crippen molar-refractivity contribution >= 4 is 5.88 Å². The number of nitrogens with zero attached hydrogens (tertiary/aromatic N) is 1. The van der Waals surface area contributed by atoms with Crippen LogP contribution in [0.3, 0.4) is 0 Å². The Morgan fingerprint density at radius 3 is 2.79 bits per heavy atom. The maximum atomic E-state index is 6.01. The van der Waals surface area contributed by atoms with E-state index in [0.717, 1.165) is 35.1 Å². The molecule has 0 spiro atoms. The van der Waals surface area contributed by atoms with Crippen LogP contribution in [-0.4, -0.2) is 11.8 Å². The highest BCUT2D eigenvalue weighted by molar-refractivity contribution is 5.71. The molecule has 1 saturated carbocycles. The van der Waals surface area contributed by atoms with Crippen LogP contribution in [0.15, 0.2) is 22.7 Å². The molecular weight excluding hydrogens is 240 g/mol. The van der Waals surface area contributed by atoms with Crippen molar-refractivity contribution in [1.29, 1.82) is 0 Å². The summed E-state index contributed by atoms with van der Waals surface area (Å²) in [5.41, 5.74) is 9.64. The number of nitrogens with two attached hydrogens (primary N) is 1. The minimum atomic E-state index is 0.321. The van der Waals surface area contributed by atoms with Gasteiger partial charge in [0.15, 0.2) is 0 Å². The van der Waals surface area contributed by atoms with Gasteiger partial charge >= 0.3 is 0 Å². The Bertz CT molecular complexity index is 600. The predicted octanol–water partition coefficient (Wildman–Crippen LogP) is 3.33. The topological polar surface area (TPSA) is 61.3 Å². The Kier molecular flexibility index (Phi) is 2.93. The number of hydrogen-bond acceptors (Lipinski definition) is 4. The van der Waals surface area contributed by atoms with Crippen LogP contribution in [0, 0.1) is 19.8 Å². The van der Waals surface area contributed by atoms with Crippen LogP contribution in [-0.2, 0) is 0 Å². The Balaban J connectivity index is 1.99. The molecule has 0 saturated heterocycles. The summed E-state index contributed by atoms with van der Waals surface area (Å²) in [6.45, 7) is 4.94. The van der Waals surface area contributed by atoms with Gasteiger partial charge in [0.05, 0.1) is 6.61 Å². The van der Waals surface area contributed by atoms with Gasteiger partial charge in [0.2, 0.25) is 5.88 Å². The van der Waals surface area contributed by atoms with Gasteiger partial charge in [0.25, 0.3) is 0 Å². The number of aromatic nitrogens is 1. The number of benzene rings is 1. The number of anilines is 1. The second-order valence-electron chi connectivity index (χ2n) is 5.25. The largest absolute Gasteiger partial charge is 0.492 e. The molecule has 1 heterocycles. The van der Waals surface area contributed by atoms with E-state index in [4.69, 9.17) is 15.0 Å². The lowest BCUT2D eigenvalue weighted by atomic mass is 10.0. The molecule has 0 unspecified atom stereocenters. The van der Waals surface area contributed by atoms with Crippen LogP contribution in [0.1, 0.15) is 24.0 Å². The predicted molar refractivity (Wildman–Crippen MR) is 74.0 cm³/mol. The minimum absolute atomic E-state index is 0.321. The van der Waals surface area contributed by atoms with Gasteiger partial charge in [0, 0.05) is 11.6 Å². The average molecular weight is 258 g/mol. The molecule has 4 nitrogen and oxygen atoms in total. The normalized spacial score (nSPS) is 14.6. The molecule has 2 N–H and O–H groups in total. The zero-order chi connectivity index (χ0) is 13.4. The highest BCUT2D eigenvalue weighted by Crippen LogP contribution is 2.37. The first-order valence-electron chi connectivity index (χ1n) is 6.60. The second kappa shape index (κ2) is 4.61. The summed E-state index contributed by atoms with van der Waals surface area (Å²) in [5, 5.41) is 3.98. The van der Waals surface area contributed by atoms with Crippen LogP contribution < -0.4 is 10.5 Å². The van der Waals surface area contributed by atoms with Gasteiger partial charge in [-0.15, -0.1) is 0 Å². The molecule has 0 atom stereocenters. The molecule has 2 aromatic rings. The van der Waals surface area contributed by atoms with Gasteiger partial charge in [-0.2, -0.15) is 0 Å². The van der Waals surface area contributed by atoms with E-state index >= 15 is 0 Å². The van der Waals surface area contributed by atoms with Crippen LogP contribution >= 0.6 is 0 Å². The Morgan fingerprint density at radius 2 is 2.16 bits per heavy atom. The lowest BCUT2D eigenvalue weighted by Crippen LogP contribution is -2.03. The first kappa shape index (κ1) is 12.1. The van der Waals surface area contributed by atoms with Crippen LogP contribution in [0.2, 0.25) is 0 Å². The van der Waals surface area contributed by atoms with Gasteiger partial charge in [-0.3, -0.25) is 0 Å². The van der Waals surface area contributed by atoms with Crippen LogP contribution in [0.4, 0.5) is 5.88 Å². The van der Waals surface area contributed by atoms with E-state index in [1.165, 1.54) is 18.4 Å². The summed E-state index contributed by atoms with van der Waals surface area (Å²) in [7, 11) is 0. The molecule has 0 bridgehead atoms. The van der Waals surface area contributed by atoms with Crippen molar-refractivity contribution in [3.63, 3.8) is 0 Å². The molecule has 0 amide bonds. The van der Waals surface area contributed by atoms with E-state index in [2.05, 4.69) is 25.1 Å². The molecule has 1 aliphatic rings. The summed E-state index contributed by atoms with van der Waals surface area (Å²) in [6.07, 6.45) is 2.55. The summed E-state index contributed by atoms with van der Waals surface area (Å²) in [6, 6.07) is 5.81. The number of aryl methyl sites for hydroxylation is 1. The van der Waals surface area contributed by atoms with Crippen molar-refractivity contribution in [3.8, 4) is 17.0 Å². The van der Waals surface area contributed by atoms with Gasteiger partial charge < -0.3 is 15.0 Å². The van der Waals surface area contributed by atoms with Gasteiger partial charge in [0.1, 0.15) is 11.4 Å². The molecule has 3 rings (SSSR count). The highest BCUT2D eigenvalue weighted by atomic mass is 16.5. The lowest BCUT2D eigenvalue weighted by Gasteiger charge is -2.14. The molecule has 19 heavy (non-hydrogen) atoms. The lowest BCUT2D eigenvalue weighted by molar-refractivity contribution is 0.298. The van der Waals surface area contributed by atoms with Gasteiger partial charge in [-0.05, 0) is 49.8 Å². The van der Waals surface area contributed by atoms with E-state index in [1.54, 1.807) is 6.07 Å². The molecule has 1 fully saturated rings. The fourth-order valence-corrected chi connectivity index (χ4v) is 2.08. The third-order valence-corrected chi connectivity index (χ3v) is 3.64. The number of hydrogen-bond donors (Lipinski definition) is 1. The van der Waals surface area contributed by atoms with Gasteiger partial charge in [-0.1, -0.05) is 11.2 Å². The maximum absolute atomic E-state index is 6.01. The standard InChI is InChI=1S/C15H18N2O2/c1-9-3-6-12(13-7-14(16)19-17-13)15(10(9)2)18-8-11-4-5-11/h3,6-7,11H,4-5,8,16H2,1-2H3. The van der Waals surface area contributed by atoms with E-state index in [-0.39, 0.29) is 0 Å². The number of nitrogen functional groups attached to an aromatic ring is 1. The molecule has 1 aliphatic carbocycles. The molecular formula is C15H18N2O2. The van der Waals surface area contributed by atoms with Crippen LogP contribution in [0.5, 0.6) is 5.75 Å². The zero-order valence-electron chi connectivity index (χ0n) is 11.3. The van der Waals surface area contributed by atoms with E-state index in [0.29, 0.717) is 5.88 Å². The summed E-state index contributed by atoms with van der Waals surface area (Å²) in [4.78, 5) is 0. The molecule has 0 aliphatic heterocycles. The van der Waals surface area contributed by atoms with E-state index in [9.17, 15) is 0 Å². The molecule has 1 aromatic heterocycles. The zero-order valence-corrected chi connectivity index (χ0v) is 11.3. The second-order valence-corrected chi connectivity index (χ2v) is 5.25. The van der Waals surface area contributed by atoms with Crippen molar-refractivity contribution in [1.82, 2.24) is 5.16 Å². The van der Waals surface area contributed by atoms with Crippen LogP contribution in [0.25, 0.3) is 11.3 Å². The summed E-state index contributed by atoms with van der Waals surface area (Å²) in [5.74, 6) is 1.94. The average Bonchev–Trinajstić information content (AvgIpc) is 3.12. The Hall–Kier alpha value is -1.97. The van der Waals surface area contributed by atoms with E-state index in [1.807, 2.05) is 6.07 Å². The summed E-state index contributed by atoms with van der Waals surface area (Å²) >= 11 is 0. The molecule has 4 heteroatoms. The monoisotopic (exact) mass is 258 g/mol. The fraction of sp³-hybridized carbons (Fsp3) is 0.400. The SMILES string of the molecule is Cc1ccc(-c2cc(N)on2)c(OCC2CC2)c1C. The van der Waals surface area contributed by atoms with Crippen molar-refractivity contribution < 1.29 is 9.26 Å². The fourth-order valence-electron chi connectivity index (χ4n) is 2.08. The first-order chi connectivity index (χ1) is 9.15. The van der Waals surface area contributed by atoms with Crippen molar-refractivity contribution in [3.05, 3.63) is 29.3 Å². The van der Waals surface area contributed by atoms with Gasteiger partial charge in [-0.25, -0.2) is 0 Å². The first-order valence-corrected chi connectivity index (χ1v) is 6.60. The summed E-state index contributed by atoms with van der Waals surface area (Å²) < 4.78 is 11.0. The van der Waals surface area contributed by atoms with Crippen molar-refractivity contribution in [2.24, 2.45) is 5.92 Å². The number of ether oxygens (including phenoxy) is 1. The maximum Gasteiger partial charge on any atom is 0.222 e. The molecule has 0 radical (unpaired) electrons. The van der Waals surface area contributed by atoms with Crippen molar-refractivity contribution in [2.45, 2.75) is 26.7 Å². The van der Waals surface area contributed by atoms with E-state index < -0.39 is 0 Å². The minimum Gasteiger partial charge on any atom is -0.492 e. The Morgan fingerprint density at radius 1 is 1.37 bits per heavy atom. The molecule has 1 aromatic carbocycles. The third kappa shape index (κ3) is 2.43. The smallest absolute Gasteiger partial charge is 0.222 e. The Labute approximate surface area is 112 Å². The quantitative estimate of drug-likeness (QED) is 0.913. The van der Waals surface area contributed by atoms with Crippen molar-refractivity contribution in [2.75, 3.05) is 12.3 Å². The third-order valence-electron chi connectivity index (χ3n) is 3.64. The number of rotatable bonds is 4.